The number of nitrogens with two attached hydrogens (primary N) is 1. The quantitative estimate of drug-likeness (QED) is 0.780. The number of anilines is 2. The van der Waals surface area contributed by atoms with E-state index in [4.69, 9.17) is 5.73 Å². The summed E-state index contributed by atoms with van der Waals surface area (Å²) in [6.07, 6.45) is 2.86. The van der Waals surface area contributed by atoms with Crippen molar-refractivity contribution in [3.63, 3.8) is 0 Å². The minimum atomic E-state index is 0.527. The van der Waals surface area contributed by atoms with Gasteiger partial charge >= 0.3 is 0 Å². The van der Waals surface area contributed by atoms with E-state index in [1.807, 2.05) is 18.2 Å². The van der Waals surface area contributed by atoms with Crippen molar-refractivity contribution in [2.45, 2.75) is 26.3 Å². The van der Waals surface area contributed by atoms with Gasteiger partial charge in [0.05, 0.1) is 5.52 Å². The van der Waals surface area contributed by atoms with E-state index in [0.717, 1.165) is 29.0 Å². The summed E-state index contributed by atoms with van der Waals surface area (Å²) in [5.74, 6) is 1.73. The number of hydrogen-bond acceptors (Lipinski definition) is 4. The normalized spacial score (nSPS) is 23.8. The van der Waals surface area contributed by atoms with Crippen LogP contribution in [0.3, 0.4) is 0 Å². The molecule has 2 N–H and O–H groups in total. The fourth-order valence-corrected chi connectivity index (χ4v) is 2.88. The molecule has 2 unspecified atom stereocenters. The van der Waals surface area contributed by atoms with Gasteiger partial charge in [0, 0.05) is 23.7 Å². The highest BCUT2D eigenvalue weighted by Crippen LogP contribution is 2.32. The van der Waals surface area contributed by atoms with Crippen molar-refractivity contribution in [3.05, 3.63) is 24.5 Å². The molecule has 4 nitrogen and oxygen atoms in total. The predicted molar refractivity (Wildman–Crippen MR) is 74.5 cm³/mol. The molecule has 1 saturated heterocycles. The maximum absolute atomic E-state index is 5.88. The third kappa shape index (κ3) is 1.78. The Morgan fingerprint density at radius 3 is 2.83 bits per heavy atom. The lowest BCUT2D eigenvalue weighted by molar-refractivity contribution is 0.625. The number of nitrogen functional groups attached to an aromatic ring is 1. The van der Waals surface area contributed by atoms with Gasteiger partial charge < -0.3 is 10.6 Å². The molecule has 0 aliphatic carbocycles. The maximum atomic E-state index is 5.88. The number of fused-ring (bicyclic) bond motifs is 1. The van der Waals surface area contributed by atoms with E-state index in [0.29, 0.717) is 12.0 Å². The van der Waals surface area contributed by atoms with Crippen LogP contribution in [0.4, 0.5) is 11.5 Å². The predicted octanol–water partition coefficient (Wildman–Crippen LogP) is 2.45. The second-order valence-electron chi connectivity index (χ2n) is 5.32. The lowest BCUT2D eigenvalue weighted by atomic mass is 10.1. The molecule has 18 heavy (non-hydrogen) atoms. The Bertz CT molecular complexity index is 581. The Labute approximate surface area is 107 Å². The lowest BCUT2D eigenvalue weighted by Crippen LogP contribution is -2.27. The van der Waals surface area contributed by atoms with Crippen molar-refractivity contribution in [3.8, 4) is 0 Å². The molecule has 1 aliphatic rings. The molecular weight excluding hydrogens is 224 g/mol. The summed E-state index contributed by atoms with van der Waals surface area (Å²) < 4.78 is 0. The van der Waals surface area contributed by atoms with Crippen LogP contribution in [0.2, 0.25) is 0 Å². The van der Waals surface area contributed by atoms with Crippen LogP contribution in [0.1, 0.15) is 20.3 Å². The van der Waals surface area contributed by atoms with Crippen LogP contribution in [0.5, 0.6) is 0 Å². The van der Waals surface area contributed by atoms with Gasteiger partial charge in [-0.05, 0) is 37.5 Å². The van der Waals surface area contributed by atoms with E-state index in [1.54, 1.807) is 6.33 Å². The number of benzene rings is 1. The van der Waals surface area contributed by atoms with Crippen LogP contribution < -0.4 is 10.6 Å². The molecule has 1 fully saturated rings. The molecule has 0 spiro atoms. The highest BCUT2D eigenvalue weighted by molar-refractivity contribution is 5.91. The van der Waals surface area contributed by atoms with Gasteiger partial charge in [0.1, 0.15) is 12.1 Å². The Morgan fingerprint density at radius 2 is 2.11 bits per heavy atom. The molecule has 2 aromatic rings. The second kappa shape index (κ2) is 4.12. The first-order chi connectivity index (χ1) is 8.65. The molecule has 1 aromatic carbocycles. The number of rotatable bonds is 1. The molecule has 0 saturated carbocycles. The lowest BCUT2D eigenvalue weighted by Gasteiger charge is -2.23. The van der Waals surface area contributed by atoms with E-state index in [9.17, 15) is 0 Å². The molecule has 1 aromatic heterocycles. The average molecular weight is 242 g/mol. The zero-order chi connectivity index (χ0) is 12.7. The van der Waals surface area contributed by atoms with E-state index in [-0.39, 0.29) is 0 Å². The largest absolute Gasteiger partial charge is 0.399 e. The molecular formula is C14H18N4. The molecule has 1 aliphatic heterocycles. The van der Waals surface area contributed by atoms with Gasteiger partial charge in [-0.1, -0.05) is 6.92 Å². The molecule has 2 heterocycles. The van der Waals surface area contributed by atoms with Gasteiger partial charge in [0.15, 0.2) is 0 Å². The van der Waals surface area contributed by atoms with Gasteiger partial charge in [-0.15, -0.1) is 0 Å². The van der Waals surface area contributed by atoms with Crippen LogP contribution in [0, 0.1) is 5.92 Å². The van der Waals surface area contributed by atoms with Crippen LogP contribution in [0.15, 0.2) is 24.5 Å². The molecule has 0 bridgehead atoms. The minimum absolute atomic E-state index is 0.527. The molecule has 2 atom stereocenters. The summed E-state index contributed by atoms with van der Waals surface area (Å²) in [7, 11) is 0. The fraction of sp³-hybridized carbons (Fsp3) is 0.429. The SMILES string of the molecule is CC1CC(C)N(c2ncnc3ccc(N)cc23)C1. The standard InChI is InChI=1S/C14H18N4/c1-9-5-10(2)18(7-9)14-12-6-11(15)3-4-13(12)16-8-17-14/h3-4,6,8-10H,5,7,15H2,1-2H3. The Kier molecular flexibility index (Phi) is 2.58. The molecule has 94 valence electrons. The monoisotopic (exact) mass is 242 g/mol. The van der Waals surface area contributed by atoms with Gasteiger partial charge in [0.25, 0.3) is 0 Å². The Balaban J connectivity index is 2.14. The van der Waals surface area contributed by atoms with Crippen LogP contribution in [0.25, 0.3) is 10.9 Å². The molecule has 0 amide bonds. The van der Waals surface area contributed by atoms with E-state index >= 15 is 0 Å². The Hall–Kier alpha value is -1.84. The molecule has 4 heteroatoms. The minimum Gasteiger partial charge on any atom is -0.399 e. The van der Waals surface area contributed by atoms with Gasteiger partial charge in [-0.3, -0.25) is 0 Å². The summed E-state index contributed by atoms with van der Waals surface area (Å²) in [4.78, 5) is 11.1. The van der Waals surface area contributed by atoms with Crippen molar-refractivity contribution in [2.24, 2.45) is 5.92 Å². The summed E-state index contributed by atoms with van der Waals surface area (Å²) in [5, 5.41) is 1.05. The molecule has 3 rings (SSSR count). The van der Waals surface area contributed by atoms with Gasteiger partial charge in [-0.25, -0.2) is 9.97 Å². The number of hydrogen-bond donors (Lipinski definition) is 1. The zero-order valence-electron chi connectivity index (χ0n) is 10.8. The first kappa shape index (κ1) is 11.3. The average Bonchev–Trinajstić information content (AvgIpc) is 2.67. The van der Waals surface area contributed by atoms with Crippen molar-refractivity contribution in [1.29, 1.82) is 0 Å². The highest BCUT2D eigenvalue weighted by atomic mass is 15.2. The van der Waals surface area contributed by atoms with Crippen molar-refractivity contribution >= 4 is 22.4 Å². The van der Waals surface area contributed by atoms with Crippen molar-refractivity contribution in [2.75, 3.05) is 17.2 Å². The van der Waals surface area contributed by atoms with Crippen molar-refractivity contribution in [1.82, 2.24) is 9.97 Å². The fourth-order valence-electron chi connectivity index (χ4n) is 2.88. The van der Waals surface area contributed by atoms with E-state index in [1.165, 1.54) is 6.42 Å². The van der Waals surface area contributed by atoms with Gasteiger partial charge in [-0.2, -0.15) is 0 Å². The van der Waals surface area contributed by atoms with Gasteiger partial charge in [0.2, 0.25) is 0 Å². The number of nitrogens with zero attached hydrogens (tertiary/aromatic N) is 3. The third-order valence-electron chi connectivity index (χ3n) is 3.69. The maximum Gasteiger partial charge on any atom is 0.140 e. The van der Waals surface area contributed by atoms with Crippen LogP contribution >= 0.6 is 0 Å². The van der Waals surface area contributed by atoms with E-state index in [2.05, 4.69) is 28.7 Å². The van der Waals surface area contributed by atoms with Crippen LogP contribution in [-0.2, 0) is 0 Å². The first-order valence-electron chi connectivity index (χ1n) is 6.42. The van der Waals surface area contributed by atoms with E-state index < -0.39 is 0 Å². The Morgan fingerprint density at radius 1 is 1.28 bits per heavy atom. The molecule has 0 radical (unpaired) electrons. The summed E-state index contributed by atoms with van der Waals surface area (Å²) >= 11 is 0. The first-order valence-corrected chi connectivity index (χ1v) is 6.42. The smallest absolute Gasteiger partial charge is 0.140 e. The zero-order valence-corrected chi connectivity index (χ0v) is 10.8. The summed E-state index contributed by atoms with van der Waals surface area (Å²) in [6.45, 7) is 5.60. The summed E-state index contributed by atoms with van der Waals surface area (Å²) in [6, 6.07) is 6.34. The number of aromatic nitrogens is 2. The van der Waals surface area contributed by atoms with Crippen LogP contribution in [-0.4, -0.2) is 22.6 Å². The summed E-state index contributed by atoms with van der Waals surface area (Å²) in [5.41, 5.74) is 7.60. The second-order valence-corrected chi connectivity index (χ2v) is 5.32. The third-order valence-corrected chi connectivity index (χ3v) is 3.69. The van der Waals surface area contributed by atoms with Crippen molar-refractivity contribution < 1.29 is 0 Å². The topological polar surface area (TPSA) is 55.0 Å². The highest BCUT2D eigenvalue weighted by Gasteiger charge is 2.28.